The van der Waals surface area contributed by atoms with Gasteiger partial charge in [-0.3, -0.25) is 0 Å². The lowest BCUT2D eigenvalue weighted by molar-refractivity contribution is 0.0601. The highest BCUT2D eigenvalue weighted by Crippen LogP contribution is 2.22. The summed E-state index contributed by atoms with van der Waals surface area (Å²) in [5.41, 5.74) is 2.49. The highest BCUT2D eigenvalue weighted by molar-refractivity contribution is 6.33. The third kappa shape index (κ3) is 3.99. The van der Waals surface area contributed by atoms with Gasteiger partial charge >= 0.3 is 5.97 Å². The maximum atomic E-state index is 11.6. The summed E-state index contributed by atoms with van der Waals surface area (Å²) >= 11 is 6.00. The molecule has 2 aromatic rings. The number of benzene rings is 2. The minimum Gasteiger partial charge on any atom is -0.465 e. The van der Waals surface area contributed by atoms with E-state index in [4.69, 9.17) is 16.3 Å². The zero-order valence-electron chi connectivity index (χ0n) is 12.1. The van der Waals surface area contributed by atoms with Crippen molar-refractivity contribution in [1.29, 1.82) is 0 Å². The number of carbonyl (C=O) groups excluding carboxylic acids is 1. The van der Waals surface area contributed by atoms with E-state index in [-0.39, 0.29) is 0 Å². The van der Waals surface area contributed by atoms with E-state index in [1.807, 2.05) is 24.3 Å². The zero-order valence-corrected chi connectivity index (χ0v) is 12.9. The molecule has 1 unspecified atom stereocenters. The van der Waals surface area contributed by atoms with Crippen molar-refractivity contribution >= 4 is 23.3 Å². The van der Waals surface area contributed by atoms with Crippen molar-refractivity contribution in [2.75, 3.05) is 19.0 Å². The molecule has 0 aromatic heterocycles. The molecule has 1 atom stereocenters. The SMILES string of the molecule is COC(=O)c1cc(NCC(C)c2ccccc2)ccc1Cl. The molecule has 0 spiro atoms. The third-order valence-electron chi connectivity index (χ3n) is 3.35. The van der Waals surface area contributed by atoms with E-state index in [1.54, 1.807) is 12.1 Å². The molecule has 0 saturated heterocycles. The molecule has 0 aliphatic heterocycles. The highest BCUT2D eigenvalue weighted by Gasteiger charge is 2.12. The van der Waals surface area contributed by atoms with E-state index in [9.17, 15) is 4.79 Å². The lowest BCUT2D eigenvalue weighted by atomic mass is 10.0. The molecule has 0 aliphatic carbocycles. The summed E-state index contributed by atoms with van der Waals surface area (Å²) in [6.07, 6.45) is 0. The maximum absolute atomic E-state index is 11.6. The summed E-state index contributed by atoms with van der Waals surface area (Å²) in [5.74, 6) is -0.0665. The Balaban J connectivity index is 2.05. The van der Waals surface area contributed by atoms with Gasteiger partial charge in [0.05, 0.1) is 17.7 Å². The average Bonchev–Trinajstić information content (AvgIpc) is 2.53. The standard InChI is InChI=1S/C17H18ClNO2/c1-12(13-6-4-3-5-7-13)11-19-14-8-9-16(18)15(10-14)17(20)21-2/h3-10,12,19H,11H2,1-2H3. The summed E-state index contributed by atoms with van der Waals surface area (Å²) in [6, 6.07) is 15.5. The van der Waals surface area contributed by atoms with Crippen LogP contribution in [0.3, 0.4) is 0 Å². The van der Waals surface area contributed by atoms with Gasteiger partial charge in [0.2, 0.25) is 0 Å². The normalized spacial score (nSPS) is 11.8. The van der Waals surface area contributed by atoms with Crippen LogP contribution in [0, 0.1) is 0 Å². The van der Waals surface area contributed by atoms with Crippen molar-refractivity contribution in [2.24, 2.45) is 0 Å². The molecular weight excluding hydrogens is 286 g/mol. The molecule has 0 saturated carbocycles. The molecule has 2 rings (SSSR count). The summed E-state index contributed by atoms with van der Waals surface area (Å²) in [6.45, 7) is 2.92. The lowest BCUT2D eigenvalue weighted by Crippen LogP contribution is -2.10. The van der Waals surface area contributed by atoms with Gasteiger partial charge in [-0.2, -0.15) is 0 Å². The van der Waals surface area contributed by atoms with Crippen molar-refractivity contribution in [1.82, 2.24) is 0 Å². The van der Waals surface area contributed by atoms with E-state index >= 15 is 0 Å². The number of ether oxygens (including phenoxy) is 1. The molecule has 0 fully saturated rings. The summed E-state index contributed by atoms with van der Waals surface area (Å²) in [4.78, 5) is 11.6. The quantitative estimate of drug-likeness (QED) is 0.835. The van der Waals surface area contributed by atoms with Gasteiger partial charge in [-0.1, -0.05) is 48.9 Å². The molecule has 3 nitrogen and oxygen atoms in total. The molecule has 2 aromatic carbocycles. The monoisotopic (exact) mass is 303 g/mol. The predicted molar refractivity (Wildman–Crippen MR) is 86.1 cm³/mol. The molecule has 110 valence electrons. The van der Waals surface area contributed by atoms with Crippen molar-refractivity contribution in [2.45, 2.75) is 12.8 Å². The van der Waals surface area contributed by atoms with Gasteiger partial charge in [-0.05, 0) is 29.7 Å². The Morgan fingerprint density at radius 2 is 1.95 bits per heavy atom. The van der Waals surface area contributed by atoms with Crippen molar-refractivity contribution in [3.05, 3.63) is 64.7 Å². The van der Waals surface area contributed by atoms with E-state index < -0.39 is 5.97 Å². The number of anilines is 1. The van der Waals surface area contributed by atoms with Crippen LogP contribution in [0.15, 0.2) is 48.5 Å². The summed E-state index contributed by atoms with van der Waals surface area (Å²) < 4.78 is 4.72. The number of carbonyl (C=O) groups is 1. The number of hydrogen-bond acceptors (Lipinski definition) is 3. The van der Waals surface area contributed by atoms with Crippen molar-refractivity contribution in [3.8, 4) is 0 Å². The van der Waals surface area contributed by atoms with Gasteiger partial charge < -0.3 is 10.1 Å². The van der Waals surface area contributed by atoms with Crippen LogP contribution >= 0.6 is 11.6 Å². The maximum Gasteiger partial charge on any atom is 0.339 e. The summed E-state index contributed by atoms with van der Waals surface area (Å²) in [7, 11) is 1.34. The second-order valence-electron chi connectivity index (χ2n) is 4.88. The number of methoxy groups -OCH3 is 1. The predicted octanol–water partition coefficient (Wildman–Crippen LogP) is 4.34. The van der Waals surface area contributed by atoms with E-state index in [1.165, 1.54) is 12.7 Å². The molecule has 0 bridgehead atoms. The molecule has 0 amide bonds. The average molecular weight is 304 g/mol. The fourth-order valence-electron chi connectivity index (χ4n) is 2.07. The van der Waals surface area contributed by atoms with Crippen LogP contribution < -0.4 is 5.32 Å². The number of rotatable bonds is 5. The first kappa shape index (κ1) is 15.4. The number of halogens is 1. The number of esters is 1. The fourth-order valence-corrected chi connectivity index (χ4v) is 2.27. The highest BCUT2D eigenvalue weighted by atomic mass is 35.5. The van der Waals surface area contributed by atoms with Gasteiger partial charge in [-0.15, -0.1) is 0 Å². The molecule has 0 heterocycles. The van der Waals surface area contributed by atoms with E-state index in [0.29, 0.717) is 16.5 Å². The Kier molecular flexibility index (Phi) is 5.23. The van der Waals surface area contributed by atoms with Crippen molar-refractivity contribution in [3.63, 3.8) is 0 Å². The van der Waals surface area contributed by atoms with Crippen LogP contribution in [-0.4, -0.2) is 19.6 Å². The minimum absolute atomic E-state index is 0.364. The first-order valence-electron chi connectivity index (χ1n) is 6.78. The minimum atomic E-state index is -0.431. The third-order valence-corrected chi connectivity index (χ3v) is 3.68. The van der Waals surface area contributed by atoms with Gasteiger partial charge in [-0.25, -0.2) is 4.79 Å². The molecule has 0 radical (unpaired) electrons. The first-order chi connectivity index (χ1) is 10.1. The second-order valence-corrected chi connectivity index (χ2v) is 5.29. The molecular formula is C17H18ClNO2. The van der Waals surface area contributed by atoms with E-state index in [0.717, 1.165) is 12.2 Å². The fraction of sp³-hybridized carbons (Fsp3) is 0.235. The Morgan fingerprint density at radius 1 is 1.24 bits per heavy atom. The van der Waals surface area contributed by atoms with Crippen LogP contribution in [0.4, 0.5) is 5.69 Å². The summed E-state index contributed by atoms with van der Waals surface area (Å²) in [5, 5.41) is 3.72. The molecule has 4 heteroatoms. The molecule has 1 N–H and O–H groups in total. The lowest BCUT2D eigenvalue weighted by Gasteiger charge is -2.14. The van der Waals surface area contributed by atoms with Crippen LogP contribution in [0.5, 0.6) is 0 Å². The van der Waals surface area contributed by atoms with Gasteiger partial charge in [0.1, 0.15) is 0 Å². The number of nitrogens with one attached hydrogen (secondary N) is 1. The Morgan fingerprint density at radius 3 is 2.62 bits per heavy atom. The molecule has 21 heavy (non-hydrogen) atoms. The first-order valence-corrected chi connectivity index (χ1v) is 7.16. The van der Waals surface area contributed by atoms with Crippen LogP contribution in [0.1, 0.15) is 28.8 Å². The second kappa shape index (κ2) is 7.14. The smallest absolute Gasteiger partial charge is 0.339 e. The van der Waals surface area contributed by atoms with Crippen LogP contribution in [-0.2, 0) is 4.74 Å². The Hall–Kier alpha value is -2.00. The zero-order chi connectivity index (χ0) is 15.2. The van der Waals surface area contributed by atoms with Gasteiger partial charge in [0.15, 0.2) is 0 Å². The molecule has 0 aliphatic rings. The largest absolute Gasteiger partial charge is 0.465 e. The topological polar surface area (TPSA) is 38.3 Å². The van der Waals surface area contributed by atoms with E-state index in [2.05, 4.69) is 24.4 Å². The van der Waals surface area contributed by atoms with Gasteiger partial charge in [0.25, 0.3) is 0 Å². The Labute approximate surface area is 129 Å². The van der Waals surface area contributed by atoms with Crippen LogP contribution in [0.2, 0.25) is 5.02 Å². The Bertz CT molecular complexity index is 613. The number of hydrogen-bond donors (Lipinski definition) is 1. The van der Waals surface area contributed by atoms with Gasteiger partial charge in [0, 0.05) is 12.2 Å². The van der Waals surface area contributed by atoms with Crippen LogP contribution in [0.25, 0.3) is 0 Å². The van der Waals surface area contributed by atoms with Crippen molar-refractivity contribution < 1.29 is 9.53 Å².